The standard InChI is InChI=1S/C21H35N5O.HI/c1-22-21(24-18-6-3-4-7-18)23-12-5-13-25-14-16-26(17-15-25)19-8-10-20(27-2)11-9-19;/h8-11,18H,3-7,12-17H2,1-2H3,(H2,22,23,24);1H. The zero-order chi connectivity index (χ0) is 18.9. The molecule has 0 radical (unpaired) electrons. The topological polar surface area (TPSA) is 52.1 Å². The number of benzene rings is 1. The van der Waals surface area contributed by atoms with E-state index in [1.54, 1.807) is 7.11 Å². The second-order valence-electron chi connectivity index (χ2n) is 7.50. The van der Waals surface area contributed by atoms with Crippen molar-refractivity contribution in [1.29, 1.82) is 0 Å². The van der Waals surface area contributed by atoms with E-state index in [-0.39, 0.29) is 24.0 Å². The van der Waals surface area contributed by atoms with Crippen molar-refractivity contribution < 1.29 is 4.74 Å². The lowest BCUT2D eigenvalue weighted by Gasteiger charge is -2.36. The molecule has 0 atom stereocenters. The van der Waals surface area contributed by atoms with E-state index in [0.29, 0.717) is 6.04 Å². The molecule has 7 heteroatoms. The van der Waals surface area contributed by atoms with Crippen LogP contribution in [0.3, 0.4) is 0 Å². The van der Waals surface area contributed by atoms with Gasteiger partial charge in [0.15, 0.2) is 5.96 Å². The Morgan fingerprint density at radius 2 is 1.79 bits per heavy atom. The Balaban J connectivity index is 0.00000280. The molecule has 1 aromatic rings. The highest BCUT2D eigenvalue weighted by Gasteiger charge is 2.17. The molecule has 1 heterocycles. The number of halogens is 1. The van der Waals surface area contributed by atoms with E-state index in [1.165, 1.54) is 31.4 Å². The van der Waals surface area contributed by atoms with Gasteiger partial charge in [-0.1, -0.05) is 12.8 Å². The van der Waals surface area contributed by atoms with E-state index in [1.807, 2.05) is 19.2 Å². The first-order valence-electron chi connectivity index (χ1n) is 10.4. The molecule has 1 saturated heterocycles. The third-order valence-electron chi connectivity index (χ3n) is 5.67. The van der Waals surface area contributed by atoms with Crippen molar-refractivity contribution >= 4 is 35.6 Å². The fourth-order valence-corrected chi connectivity index (χ4v) is 3.99. The van der Waals surface area contributed by atoms with Gasteiger partial charge < -0.3 is 20.3 Å². The number of methoxy groups -OCH3 is 1. The third kappa shape index (κ3) is 6.99. The van der Waals surface area contributed by atoms with Gasteiger partial charge in [0.2, 0.25) is 0 Å². The first-order valence-corrected chi connectivity index (χ1v) is 10.4. The molecule has 0 unspecified atom stereocenters. The van der Waals surface area contributed by atoms with E-state index >= 15 is 0 Å². The summed E-state index contributed by atoms with van der Waals surface area (Å²) in [5.41, 5.74) is 1.29. The van der Waals surface area contributed by atoms with Gasteiger partial charge in [0.05, 0.1) is 7.11 Å². The molecule has 158 valence electrons. The minimum atomic E-state index is 0. The Kier molecular flexibility index (Phi) is 10.2. The van der Waals surface area contributed by atoms with Gasteiger partial charge >= 0.3 is 0 Å². The van der Waals surface area contributed by atoms with Gasteiger partial charge in [-0.2, -0.15) is 0 Å². The Morgan fingerprint density at radius 3 is 2.39 bits per heavy atom. The van der Waals surface area contributed by atoms with Crippen LogP contribution in [0, 0.1) is 0 Å². The lowest BCUT2D eigenvalue weighted by atomic mass is 10.2. The number of nitrogens with one attached hydrogen (secondary N) is 2. The van der Waals surface area contributed by atoms with Crippen LogP contribution in [0.4, 0.5) is 5.69 Å². The van der Waals surface area contributed by atoms with Crippen LogP contribution < -0.4 is 20.3 Å². The fraction of sp³-hybridized carbons (Fsp3) is 0.667. The van der Waals surface area contributed by atoms with Crippen LogP contribution in [0.15, 0.2) is 29.3 Å². The van der Waals surface area contributed by atoms with Gasteiger partial charge in [0.25, 0.3) is 0 Å². The van der Waals surface area contributed by atoms with Crippen LogP contribution in [-0.4, -0.2) is 70.3 Å². The molecule has 0 aromatic heterocycles. The lowest BCUT2D eigenvalue weighted by Crippen LogP contribution is -2.47. The summed E-state index contributed by atoms with van der Waals surface area (Å²) in [5, 5.41) is 7.02. The van der Waals surface area contributed by atoms with Crippen LogP contribution in [0.1, 0.15) is 32.1 Å². The predicted molar refractivity (Wildman–Crippen MR) is 128 cm³/mol. The maximum atomic E-state index is 5.24. The highest BCUT2D eigenvalue weighted by molar-refractivity contribution is 14.0. The van der Waals surface area contributed by atoms with Crippen molar-refractivity contribution in [3.8, 4) is 5.75 Å². The van der Waals surface area contributed by atoms with E-state index in [2.05, 4.69) is 37.6 Å². The van der Waals surface area contributed by atoms with E-state index in [9.17, 15) is 0 Å². The Hall–Kier alpha value is -1.22. The molecule has 0 spiro atoms. The van der Waals surface area contributed by atoms with Crippen molar-refractivity contribution in [1.82, 2.24) is 15.5 Å². The van der Waals surface area contributed by atoms with E-state index in [4.69, 9.17) is 4.74 Å². The highest BCUT2D eigenvalue weighted by atomic mass is 127. The normalized spacial score (nSPS) is 18.6. The molecule has 3 rings (SSSR count). The number of anilines is 1. The zero-order valence-corrected chi connectivity index (χ0v) is 19.7. The molecule has 1 aliphatic carbocycles. The second-order valence-corrected chi connectivity index (χ2v) is 7.50. The largest absolute Gasteiger partial charge is 0.497 e. The van der Waals surface area contributed by atoms with Gasteiger partial charge in [-0.3, -0.25) is 9.89 Å². The number of rotatable bonds is 7. The number of aliphatic imine (C=N–C) groups is 1. The molecule has 0 bridgehead atoms. The monoisotopic (exact) mass is 501 g/mol. The Morgan fingerprint density at radius 1 is 1.11 bits per heavy atom. The molecular formula is C21H36IN5O. The SMILES string of the molecule is CN=C(NCCCN1CCN(c2ccc(OC)cc2)CC1)NC1CCCC1.I. The maximum absolute atomic E-state index is 5.24. The van der Waals surface area contributed by atoms with Crippen molar-refractivity contribution in [3.63, 3.8) is 0 Å². The van der Waals surface area contributed by atoms with Gasteiger partial charge in [0, 0.05) is 51.5 Å². The number of nitrogens with zero attached hydrogens (tertiary/aromatic N) is 3. The van der Waals surface area contributed by atoms with Crippen LogP contribution in [0.2, 0.25) is 0 Å². The van der Waals surface area contributed by atoms with Crippen molar-refractivity contribution in [3.05, 3.63) is 24.3 Å². The van der Waals surface area contributed by atoms with Crippen molar-refractivity contribution in [2.75, 3.05) is 58.3 Å². The van der Waals surface area contributed by atoms with Crippen LogP contribution >= 0.6 is 24.0 Å². The molecule has 0 amide bonds. The molecule has 28 heavy (non-hydrogen) atoms. The fourth-order valence-electron chi connectivity index (χ4n) is 3.99. The first-order chi connectivity index (χ1) is 13.3. The summed E-state index contributed by atoms with van der Waals surface area (Å²) in [5.74, 6) is 1.88. The number of ether oxygens (including phenoxy) is 1. The van der Waals surface area contributed by atoms with Gasteiger partial charge in [-0.05, 0) is 50.1 Å². The molecule has 1 saturated carbocycles. The van der Waals surface area contributed by atoms with E-state index < -0.39 is 0 Å². The molecule has 6 nitrogen and oxygen atoms in total. The third-order valence-corrected chi connectivity index (χ3v) is 5.67. The van der Waals surface area contributed by atoms with Gasteiger partial charge in [-0.15, -0.1) is 24.0 Å². The number of hydrogen-bond donors (Lipinski definition) is 2. The van der Waals surface area contributed by atoms with Gasteiger partial charge in [-0.25, -0.2) is 0 Å². The first kappa shape index (κ1) is 23.1. The summed E-state index contributed by atoms with van der Waals surface area (Å²) in [7, 11) is 3.57. The van der Waals surface area contributed by atoms with Gasteiger partial charge in [0.1, 0.15) is 5.75 Å². The maximum Gasteiger partial charge on any atom is 0.191 e. The van der Waals surface area contributed by atoms with E-state index in [0.717, 1.165) is 57.4 Å². The zero-order valence-electron chi connectivity index (χ0n) is 17.3. The number of piperazine rings is 1. The number of guanidine groups is 1. The van der Waals surface area contributed by atoms with Crippen LogP contribution in [0.25, 0.3) is 0 Å². The summed E-state index contributed by atoms with van der Waals surface area (Å²) in [4.78, 5) is 9.38. The lowest BCUT2D eigenvalue weighted by molar-refractivity contribution is 0.255. The predicted octanol–water partition coefficient (Wildman–Crippen LogP) is 2.93. The van der Waals surface area contributed by atoms with Crippen molar-refractivity contribution in [2.24, 2.45) is 4.99 Å². The number of hydrogen-bond acceptors (Lipinski definition) is 4. The summed E-state index contributed by atoms with van der Waals surface area (Å²) in [6.07, 6.45) is 6.39. The molecule has 2 aliphatic rings. The molecule has 1 aliphatic heterocycles. The molecular weight excluding hydrogens is 465 g/mol. The summed E-state index contributed by atoms with van der Waals surface area (Å²) in [6.45, 7) is 6.55. The molecule has 2 N–H and O–H groups in total. The summed E-state index contributed by atoms with van der Waals surface area (Å²) < 4.78 is 5.24. The minimum absolute atomic E-state index is 0. The van der Waals surface area contributed by atoms with Crippen LogP contribution in [0.5, 0.6) is 5.75 Å². The summed E-state index contributed by atoms with van der Waals surface area (Å²) >= 11 is 0. The average molecular weight is 501 g/mol. The van der Waals surface area contributed by atoms with Crippen LogP contribution in [-0.2, 0) is 0 Å². The quantitative estimate of drug-likeness (QED) is 0.261. The second kappa shape index (κ2) is 12.4. The highest BCUT2D eigenvalue weighted by Crippen LogP contribution is 2.20. The Bertz CT molecular complexity index is 581. The minimum Gasteiger partial charge on any atom is -0.497 e. The molecule has 2 fully saturated rings. The van der Waals surface area contributed by atoms with Crippen molar-refractivity contribution in [2.45, 2.75) is 38.1 Å². The smallest absolute Gasteiger partial charge is 0.191 e. The molecule has 1 aromatic carbocycles. The Labute approximate surface area is 187 Å². The summed E-state index contributed by atoms with van der Waals surface area (Å²) in [6, 6.07) is 9.00. The average Bonchev–Trinajstić information content (AvgIpc) is 3.24.